The van der Waals surface area contributed by atoms with E-state index in [9.17, 15) is 0 Å². The molecule has 2 unspecified atom stereocenters. The Morgan fingerprint density at radius 2 is 1.90 bits per heavy atom. The highest BCUT2D eigenvalue weighted by Crippen LogP contribution is 2.41. The van der Waals surface area contributed by atoms with Crippen LogP contribution in [0.4, 0.5) is 0 Å². The minimum absolute atomic E-state index is 0.00986. The molecule has 0 aromatic heterocycles. The van der Waals surface area contributed by atoms with Crippen LogP contribution in [0.5, 0.6) is 0 Å². The third-order valence-corrected chi connectivity index (χ3v) is 5.52. The van der Waals surface area contributed by atoms with Crippen LogP contribution in [0.3, 0.4) is 0 Å². The third kappa shape index (κ3) is 4.15. The summed E-state index contributed by atoms with van der Waals surface area (Å²) < 4.78 is 1.04. The van der Waals surface area contributed by atoms with Crippen molar-refractivity contribution in [2.45, 2.75) is 23.1 Å². The molecule has 0 aliphatic rings. The van der Waals surface area contributed by atoms with Crippen LogP contribution in [0.15, 0.2) is 51.8 Å². The van der Waals surface area contributed by atoms with Gasteiger partial charge in [0.1, 0.15) is 0 Å². The van der Waals surface area contributed by atoms with Gasteiger partial charge in [-0.2, -0.15) is 0 Å². The van der Waals surface area contributed by atoms with Gasteiger partial charge in [0.25, 0.3) is 0 Å². The van der Waals surface area contributed by atoms with Crippen LogP contribution in [0.25, 0.3) is 0 Å². The molecule has 2 atom stereocenters. The number of nitrogens with two attached hydrogens (primary N) is 1. The van der Waals surface area contributed by atoms with Gasteiger partial charge in [-0.3, -0.25) is 0 Å². The molecule has 0 saturated carbocycles. The van der Waals surface area contributed by atoms with E-state index in [1.807, 2.05) is 31.2 Å². The van der Waals surface area contributed by atoms with Crippen molar-refractivity contribution in [3.05, 3.63) is 62.5 Å². The van der Waals surface area contributed by atoms with Crippen LogP contribution in [0.2, 0.25) is 10.0 Å². The first-order valence-electron chi connectivity index (χ1n) is 6.10. The summed E-state index contributed by atoms with van der Waals surface area (Å²) in [4.78, 5) is 0.946. The van der Waals surface area contributed by atoms with E-state index < -0.39 is 0 Å². The molecule has 0 bridgehead atoms. The lowest BCUT2D eigenvalue weighted by Gasteiger charge is -2.21. The standard InChI is InChI=1S/C15H14BrCl2NS/c1-9(19)15(10-3-2-4-11(16)7-10)20-14-8-12(17)5-6-13(14)18/h2-9,15H,19H2,1H3. The molecule has 0 aliphatic heterocycles. The maximum Gasteiger partial charge on any atom is 0.0543 e. The van der Waals surface area contributed by atoms with E-state index in [1.165, 1.54) is 0 Å². The minimum atomic E-state index is -0.00986. The van der Waals surface area contributed by atoms with Gasteiger partial charge in [0.05, 0.1) is 5.02 Å². The zero-order valence-electron chi connectivity index (χ0n) is 10.8. The molecule has 0 radical (unpaired) electrons. The van der Waals surface area contributed by atoms with Crippen molar-refractivity contribution in [2.24, 2.45) is 5.73 Å². The lowest BCUT2D eigenvalue weighted by atomic mass is 10.1. The lowest BCUT2D eigenvalue weighted by molar-refractivity contribution is 0.721. The second-order valence-electron chi connectivity index (χ2n) is 4.53. The second-order valence-corrected chi connectivity index (χ2v) is 7.47. The van der Waals surface area contributed by atoms with Crippen LogP contribution in [-0.4, -0.2) is 6.04 Å². The van der Waals surface area contributed by atoms with Crippen molar-refractivity contribution in [3.8, 4) is 0 Å². The van der Waals surface area contributed by atoms with E-state index in [4.69, 9.17) is 28.9 Å². The van der Waals surface area contributed by atoms with Crippen molar-refractivity contribution < 1.29 is 0 Å². The quantitative estimate of drug-likeness (QED) is 0.654. The summed E-state index contributed by atoms with van der Waals surface area (Å²) in [6, 6.07) is 13.6. The molecule has 1 nitrogen and oxygen atoms in total. The van der Waals surface area contributed by atoms with E-state index in [2.05, 4.69) is 28.1 Å². The second kappa shape index (κ2) is 7.19. The first-order chi connectivity index (χ1) is 9.47. The molecule has 0 saturated heterocycles. The van der Waals surface area contributed by atoms with Gasteiger partial charge in [0, 0.05) is 25.7 Å². The maximum absolute atomic E-state index is 6.23. The van der Waals surface area contributed by atoms with Crippen LogP contribution >= 0.6 is 50.9 Å². The fraction of sp³-hybridized carbons (Fsp3) is 0.200. The summed E-state index contributed by atoms with van der Waals surface area (Å²) in [7, 11) is 0. The molecule has 5 heteroatoms. The van der Waals surface area contributed by atoms with Crippen LogP contribution in [0.1, 0.15) is 17.7 Å². The Balaban J connectivity index is 2.33. The number of thioether (sulfide) groups is 1. The molecule has 20 heavy (non-hydrogen) atoms. The molecule has 2 N–H and O–H groups in total. The van der Waals surface area contributed by atoms with Crippen LogP contribution < -0.4 is 5.73 Å². The molecule has 2 aromatic rings. The summed E-state index contributed by atoms with van der Waals surface area (Å²) in [6.07, 6.45) is 0. The summed E-state index contributed by atoms with van der Waals surface area (Å²) in [5.74, 6) is 0. The van der Waals surface area contributed by atoms with Gasteiger partial charge in [-0.15, -0.1) is 11.8 Å². The monoisotopic (exact) mass is 389 g/mol. The summed E-state index contributed by atoms with van der Waals surface area (Å²) in [5, 5.41) is 1.48. The van der Waals surface area contributed by atoms with Gasteiger partial charge in [-0.25, -0.2) is 0 Å². The summed E-state index contributed by atoms with van der Waals surface area (Å²) >= 11 is 17.4. The number of hydrogen-bond donors (Lipinski definition) is 1. The number of rotatable bonds is 4. The Bertz CT molecular complexity index is 604. The Labute approximate surface area is 142 Å². The van der Waals surface area contributed by atoms with Gasteiger partial charge >= 0.3 is 0 Å². The zero-order chi connectivity index (χ0) is 14.7. The van der Waals surface area contributed by atoms with Crippen LogP contribution in [-0.2, 0) is 0 Å². The predicted molar refractivity (Wildman–Crippen MR) is 92.9 cm³/mol. The highest BCUT2D eigenvalue weighted by Gasteiger charge is 2.19. The van der Waals surface area contributed by atoms with Crippen molar-refractivity contribution in [3.63, 3.8) is 0 Å². The molecule has 0 aliphatic carbocycles. The third-order valence-electron chi connectivity index (χ3n) is 2.80. The van der Waals surface area contributed by atoms with Gasteiger partial charge in [0.2, 0.25) is 0 Å². The first kappa shape index (κ1) is 16.2. The normalized spacial score (nSPS) is 14.1. The average Bonchev–Trinajstić information content (AvgIpc) is 2.39. The average molecular weight is 391 g/mol. The first-order valence-corrected chi connectivity index (χ1v) is 8.53. The molecule has 0 spiro atoms. The Morgan fingerprint density at radius 1 is 1.15 bits per heavy atom. The van der Waals surface area contributed by atoms with E-state index in [0.717, 1.165) is 14.9 Å². The minimum Gasteiger partial charge on any atom is -0.327 e. The molecule has 2 rings (SSSR count). The number of benzene rings is 2. The number of halogens is 3. The summed E-state index contributed by atoms with van der Waals surface area (Å²) in [6.45, 7) is 2.00. The smallest absolute Gasteiger partial charge is 0.0543 e. The SMILES string of the molecule is CC(N)C(Sc1cc(Cl)ccc1Cl)c1cccc(Br)c1. The largest absolute Gasteiger partial charge is 0.327 e. The Morgan fingerprint density at radius 3 is 2.55 bits per heavy atom. The van der Waals surface area contributed by atoms with Crippen molar-refractivity contribution in [2.75, 3.05) is 0 Å². The van der Waals surface area contributed by atoms with Crippen LogP contribution in [0, 0.1) is 0 Å². The van der Waals surface area contributed by atoms with E-state index in [-0.39, 0.29) is 11.3 Å². The van der Waals surface area contributed by atoms with Crippen molar-refractivity contribution in [1.82, 2.24) is 0 Å². The molecule has 2 aromatic carbocycles. The zero-order valence-corrected chi connectivity index (χ0v) is 14.7. The van der Waals surface area contributed by atoms with Crippen molar-refractivity contribution in [1.29, 1.82) is 0 Å². The molecular weight excluding hydrogens is 377 g/mol. The summed E-state index contributed by atoms with van der Waals surface area (Å²) in [5.41, 5.74) is 7.30. The molecule has 0 amide bonds. The van der Waals surface area contributed by atoms with Gasteiger partial charge in [-0.05, 0) is 42.8 Å². The molecular formula is C15H14BrCl2NS. The highest BCUT2D eigenvalue weighted by molar-refractivity contribution is 9.10. The lowest BCUT2D eigenvalue weighted by Crippen LogP contribution is -2.22. The van der Waals surface area contributed by atoms with Gasteiger partial charge < -0.3 is 5.73 Å². The van der Waals surface area contributed by atoms with Gasteiger partial charge in [0.15, 0.2) is 0 Å². The molecule has 0 heterocycles. The predicted octanol–water partition coefficient (Wildman–Crippen LogP) is 5.94. The Hall–Kier alpha value is -0.190. The Kier molecular flexibility index (Phi) is 5.82. The van der Waals surface area contributed by atoms with Crippen molar-refractivity contribution >= 4 is 50.9 Å². The van der Waals surface area contributed by atoms with E-state index >= 15 is 0 Å². The fourth-order valence-corrected chi connectivity index (χ4v) is 3.92. The molecule has 106 valence electrons. The fourth-order valence-electron chi connectivity index (χ4n) is 1.87. The molecule has 0 fully saturated rings. The van der Waals surface area contributed by atoms with E-state index in [0.29, 0.717) is 10.0 Å². The van der Waals surface area contributed by atoms with E-state index in [1.54, 1.807) is 17.8 Å². The van der Waals surface area contributed by atoms with Gasteiger partial charge in [-0.1, -0.05) is 51.3 Å². The number of hydrogen-bond acceptors (Lipinski definition) is 2. The maximum atomic E-state index is 6.23. The highest BCUT2D eigenvalue weighted by atomic mass is 79.9. The topological polar surface area (TPSA) is 26.0 Å².